The van der Waals surface area contributed by atoms with Gasteiger partial charge in [0.15, 0.2) is 0 Å². The van der Waals surface area contributed by atoms with Crippen LogP contribution in [0.25, 0.3) is 0 Å². The van der Waals surface area contributed by atoms with Gasteiger partial charge in [-0.3, -0.25) is 14.7 Å². The van der Waals surface area contributed by atoms with E-state index in [9.17, 15) is 4.79 Å². The van der Waals surface area contributed by atoms with Gasteiger partial charge < -0.3 is 5.32 Å². The first-order valence-corrected chi connectivity index (χ1v) is 8.65. The van der Waals surface area contributed by atoms with Crippen molar-refractivity contribution < 1.29 is 4.79 Å². The van der Waals surface area contributed by atoms with E-state index in [0.29, 0.717) is 6.54 Å². The Hall–Kier alpha value is -2.20. The lowest BCUT2D eigenvalue weighted by atomic mass is 9.95. The van der Waals surface area contributed by atoms with E-state index in [1.54, 1.807) is 12.4 Å². The van der Waals surface area contributed by atoms with Gasteiger partial charge in [-0.05, 0) is 56.1 Å². The van der Waals surface area contributed by atoms with Crippen molar-refractivity contribution >= 4 is 5.91 Å². The molecule has 1 aromatic heterocycles. The maximum atomic E-state index is 12.3. The number of nitrogens with zero attached hydrogens (tertiary/aromatic N) is 2. The summed E-state index contributed by atoms with van der Waals surface area (Å²) >= 11 is 0. The summed E-state index contributed by atoms with van der Waals surface area (Å²) in [7, 11) is 0. The summed E-state index contributed by atoms with van der Waals surface area (Å²) in [6.45, 7) is 5.67. The maximum Gasteiger partial charge on any atom is 0.223 e. The fourth-order valence-corrected chi connectivity index (χ4v) is 3.26. The second-order valence-corrected chi connectivity index (χ2v) is 6.61. The zero-order valence-electron chi connectivity index (χ0n) is 14.2. The minimum atomic E-state index is 0.139. The molecule has 1 aromatic carbocycles. The zero-order valence-corrected chi connectivity index (χ0v) is 14.2. The van der Waals surface area contributed by atoms with Crippen LogP contribution < -0.4 is 5.32 Å². The van der Waals surface area contributed by atoms with Crippen molar-refractivity contribution in [2.24, 2.45) is 5.92 Å². The van der Waals surface area contributed by atoms with E-state index in [1.165, 1.54) is 11.1 Å². The van der Waals surface area contributed by atoms with Gasteiger partial charge in [0.2, 0.25) is 5.91 Å². The van der Waals surface area contributed by atoms with Gasteiger partial charge in [-0.15, -0.1) is 0 Å². The Morgan fingerprint density at radius 3 is 2.62 bits per heavy atom. The molecule has 4 heteroatoms. The van der Waals surface area contributed by atoms with Crippen LogP contribution in [0.5, 0.6) is 0 Å². The van der Waals surface area contributed by atoms with Crippen molar-refractivity contribution in [3.63, 3.8) is 0 Å². The summed E-state index contributed by atoms with van der Waals surface area (Å²) in [5.74, 6) is 0.322. The minimum absolute atomic E-state index is 0.139. The molecule has 3 rings (SSSR count). The number of carbonyl (C=O) groups is 1. The van der Waals surface area contributed by atoms with Crippen molar-refractivity contribution in [2.75, 3.05) is 13.1 Å². The van der Waals surface area contributed by atoms with Gasteiger partial charge in [0.1, 0.15) is 0 Å². The van der Waals surface area contributed by atoms with Crippen molar-refractivity contribution in [3.05, 3.63) is 65.5 Å². The van der Waals surface area contributed by atoms with E-state index in [4.69, 9.17) is 0 Å². The number of rotatable bonds is 5. The van der Waals surface area contributed by atoms with Crippen LogP contribution in [0.15, 0.2) is 48.8 Å². The van der Waals surface area contributed by atoms with Crippen LogP contribution in [0.3, 0.4) is 0 Å². The highest BCUT2D eigenvalue weighted by Gasteiger charge is 2.24. The van der Waals surface area contributed by atoms with Gasteiger partial charge >= 0.3 is 0 Å². The lowest BCUT2D eigenvalue weighted by Crippen LogP contribution is -2.40. The van der Waals surface area contributed by atoms with Crippen LogP contribution in [0, 0.1) is 12.8 Å². The fourth-order valence-electron chi connectivity index (χ4n) is 3.26. The number of pyridine rings is 1. The number of hydrogen-bond acceptors (Lipinski definition) is 3. The van der Waals surface area contributed by atoms with Crippen LogP contribution in [0.2, 0.25) is 0 Å². The van der Waals surface area contributed by atoms with Crippen molar-refractivity contribution in [1.82, 2.24) is 15.2 Å². The van der Waals surface area contributed by atoms with Crippen LogP contribution in [0.1, 0.15) is 29.5 Å². The molecule has 1 saturated heterocycles. The number of hydrogen-bond donors (Lipinski definition) is 1. The molecule has 2 heterocycles. The van der Waals surface area contributed by atoms with Gasteiger partial charge in [-0.2, -0.15) is 0 Å². The Kier molecular flexibility index (Phi) is 5.59. The summed E-state index contributed by atoms with van der Waals surface area (Å²) in [5.41, 5.74) is 3.75. The van der Waals surface area contributed by atoms with E-state index >= 15 is 0 Å². The molecule has 0 spiro atoms. The fraction of sp³-hybridized carbons (Fsp3) is 0.400. The van der Waals surface area contributed by atoms with E-state index in [-0.39, 0.29) is 11.8 Å². The van der Waals surface area contributed by atoms with E-state index in [1.807, 2.05) is 12.1 Å². The van der Waals surface area contributed by atoms with E-state index in [2.05, 4.69) is 46.4 Å². The number of nitrogens with one attached hydrogen (secondary N) is 1. The molecule has 1 N–H and O–H groups in total. The van der Waals surface area contributed by atoms with Crippen LogP contribution >= 0.6 is 0 Å². The van der Waals surface area contributed by atoms with Crippen LogP contribution in [0.4, 0.5) is 0 Å². The summed E-state index contributed by atoms with van der Waals surface area (Å²) in [5, 5.41) is 3.06. The largest absolute Gasteiger partial charge is 0.352 e. The third-order valence-corrected chi connectivity index (χ3v) is 4.66. The van der Waals surface area contributed by atoms with Gasteiger partial charge in [0.25, 0.3) is 0 Å². The number of likely N-dealkylation sites (tertiary alicyclic amines) is 1. The number of carbonyl (C=O) groups excluding carboxylic acids is 1. The Morgan fingerprint density at radius 2 is 1.92 bits per heavy atom. The second-order valence-electron chi connectivity index (χ2n) is 6.61. The molecule has 0 radical (unpaired) electrons. The van der Waals surface area contributed by atoms with Crippen molar-refractivity contribution in [1.29, 1.82) is 0 Å². The van der Waals surface area contributed by atoms with Gasteiger partial charge in [0, 0.05) is 31.4 Å². The molecular formula is C20H25N3O. The lowest BCUT2D eigenvalue weighted by Gasteiger charge is -2.31. The minimum Gasteiger partial charge on any atom is -0.352 e. The predicted molar refractivity (Wildman–Crippen MR) is 95.3 cm³/mol. The summed E-state index contributed by atoms with van der Waals surface area (Å²) < 4.78 is 0. The molecular weight excluding hydrogens is 298 g/mol. The number of benzene rings is 1. The highest BCUT2D eigenvalue weighted by atomic mass is 16.1. The molecule has 0 unspecified atom stereocenters. The summed E-state index contributed by atoms with van der Waals surface area (Å²) in [4.78, 5) is 18.8. The molecule has 1 fully saturated rings. The average Bonchev–Trinajstić information content (AvgIpc) is 2.61. The first-order valence-electron chi connectivity index (χ1n) is 8.65. The normalized spacial score (nSPS) is 16.0. The van der Waals surface area contributed by atoms with Gasteiger partial charge in [-0.25, -0.2) is 0 Å². The highest BCUT2D eigenvalue weighted by Crippen LogP contribution is 2.19. The molecule has 4 nitrogen and oxygen atoms in total. The third kappa shape index (κ3) is 4.65. The second kappa shape index (κ2) is 8.06. The summed E-state index contributed by atoms with van der Waals surface area (Å²) in [6.07, 6.45) is 5.39. The standard InChI is InChI=1S/C20H25N3O/c1-16-3-2-4-18(13-16)15-23-11-7-19(8-12-23)20(24)22-14-17-5-9-21-10-6-17/h2-6,9-10,13,19H,7-8,11-12,14-15H2,1H3,(H,22,24). The van der Waals surface area contributed by atoms with E-state index < -0.39 is 0 Å². The van der Waals surface area contributed by atoms with Crippen molar-refractivity contribution in [3.8, 4) is 0 Å². The molecule has 0 bridgehead atoms. The topological polar surface area (TPSA) is 45.2 Å². The molecule has 1 amide bonds. The molecule has 126 valence electrons. The van der Waals surface area contributed by atoms with Crippen LogP contribution in [-0.4, -0.2) is 28.9 Å². The Bertz CT molecular complexity index is 664. The van der Waals surface area contributed by atoms with E-state index in [0.717, 1.165) is 38.0 Å². The third-order valence-electron chi connectivity index (χ3n) is 4.66. The molecule has 2 aromatic rings. The van der Waals surface area contributed by atoms with Gasteiger partial charge in [-0.1, -0.05) is 29.8 Å². The highest BCUT2D eigenvalue weighted by molar-refractivity contribution is 5.78. The smallest absolute Gasteiger partial charge is 0.223 e. The predicted octanol–water partition coefficient (Wildman–Crippen LogP) is 2.92. The van der Waals surface area contributed by atoms with Crippen LogP contribution in [-0.2, 0) is 17.9 Å². The first-order chi connectivity index (χ1) is 11.7. The first kappa shape index (κ1) is 16.7. The molecule has 1 aliphatic rings. The maximum absolute atomic E-state index is 12.3. The summed E-state index contributed by atoms with van der Waals surface area (Å²) in [6, 6.07) is 12.5. The lowest BCUT2D eigenvalue weighted by molar-refractivity contribution is -0.126. The number of amides is 1. The molecule has 24 heavy (non-hydrogen) atoms. The van der Waals surface area contributed by atoms with Crippen molar-refractivity contribution in [2.45, 2.75) is 32.9 Å². The zero-order chi connectivity index (χ0) is 16.8. The van der Waals surface area contributed by atoms with Gasteiger partial charge in [0.05, 0.1) is 0 Å². The molecule has 0 saturated carbocycles. The average molecular weight is 323 g/mol. The Balaban J connectivity index is 1.43. The monoisotopic (exact) mass is 323 g/mol. The molecule has 1 aliphatic heterocycles. The number of aryl methyl sites for hydroxylation is 1. The molecule has 0 atom stereocenters. The molecule has 0 aliphatic carbocycles. The number of aromatic nitrogens is 1. The Morgan fingerprint density at radius 1 is 1.17 bits per heavy atom. The number of piperidine rings is 1. The SMILES string of the molecule is Cc1cccc(CN2CCC(C(=O)NCc3ccncc3)CC2)c1. The quantitative estimate of drug-likeness (QED) is 0.920. The Labute approximate surface area is 143 Å².